The highest BCUT2D eigenvalue weighted by Crippen LogP contribution is 2.61. The molecule has 1 N–H and O–H groups in total. The number of carbonyl (C=O) groups excluding carboxylic acids is 1. The number of rotatable bonds is 4. The molecule has 0 spiro atoms. The maximum Gasteiger partial charge on any atom is 0.320 e. The first-order valence-electron chi connectivity index (χ1n) is 8.71. The Bertz CT molecular complexity index is 375. The van der Waals surface area contributed by atoms with Crippen LogP contribution in [0.5, 0.6) is 0 Å². The van der Waals surface area contributed by atoms with Gasteiger partial charge in [-0.1, -0.05) is 0 Å². The van der Waals surface area contributed by atoms with Crippen LogP contribution in [0.3, 0.4) is 0 Å². The molecular formula is C18H31NO2. The fraction of sp³-hybridized carbons (Fsp3) is 0.944. The molecule has 0 aromatic carbocycles. The first-order valence-corrected chi connectivity index (χ1v) is 8.71. The third-order valence-electron chi connectivity index (χ3n) is 5.98. The number of hydrogen-bond acceptors (Lipinski definition) is 3. The lowest BCUT2D eigenvalue weighted by molar-refractivity contribution is -0.154. The third-order valence-corrected chi connectivity index (χ3v) is 5.98. The average Bonchev–Trinajstić information content (AvgIpc) is 2.32. The zero-order valence-electron chi connectivity index (χ0n) is 14.1. The van der Waals surface area contributed by atoms with E-state index >= 15 is 0 Å². The second-order valence-electron chi connectivity index (χ2n) is 8.97. The molecule has 0 aromatic rings. The molecule has 4 rings (SSSR count). The Morgan fingerprint density at radius 2 is 1.62 bits per heavy atom. The van der Waals surface area contributed by atoms with Crippen molar-refractivity contribution in [1.82, 2.24) is 5.32 Å². The van der Waals surface area contributed by atoms with Gasteiger partial charge in [0.15, 0.2) is 0 Å². The standard InChI is InChI=1S/C18H31NO2/c1-12(19-11-16(20)21-17(2,3)4)18-8-13-5-14(9-18)7-15(6-13)10-18/h12-15,19H,5-11H2,1-4H3. The Labute approximate surface area is 129 Å². The van der Waals surface area contributed by atoms with E-state index in [1.807, 2.05) is 20.8 Å². The van der Waals surface area contributed by atoms with E-state index < -0.39 is 0 Å². The van der Waals surface area contributed by atoms with Crippen molar-refractivity contribution < 1.29 is 9.53 Å². The molecule has 0 radical (unpaired) electrons. The number of ether oxygens (including phenoxy) is 1. The molecule has 4 aliphatic carbocycles. The number of nitrogens with one attached hydrogen (secondary N) is 1. The molecule has 4 saturated carbocycles. The zero-order chi connectivity index (χ0) is 15.3. The Hall–Kier alpha value is -0.570. The molecule has 4 fully saturated rings. The van der Waals surface area contributed by atoms with Crippen molar-refractivity contribution in [3.63, 3.8) is 0 Å². The summed E-state index contributed by atoms with van der Waals surface area (Å²) in [6, 6.07) is 0.429. The largest absolute Gasteiger partial charge is 0.459 e. The van der Waals surface area contributed by atoms with Crippen LogP contribution in [0.4, 0.5) is 0 Å². The van der Waals surface area contributed by atoms with Crippen LogP contribution in [0, 0.1) is 23.2 Å². The summed E-state index contributed by atoms with van der Waals surface area (Å²) in [7, 11) is 0. The van der Waals surface area contributed by atoms with Gasteiger partial charge in [-0.05, 0) is 89.4 Å². The van der Waals surface area contributed by atoms with Crippen molar-refractivity contribution in [2.24, 2.45) is 23.2 Å². The molecule has 3 heteroatoms. The van der Waals surface area contributed by atoms with Crippen LogP contribution in [0.2, 0.25) is 0 Å². The van der Waals surface area contributed by atoms with E-state index in [2.05, 4.69) is 12.2 Å². The van der Waals surface area contributed by atoms with Crippen LogP contribution in [-0.2, 0) is 9.53 Å². The van der Waals surface area contributed by atoms with Crippen molar-refractivity contribution >= 4 is 5.97 Å². The fourth-order valence-corrected chi connectivity index (χ4v) is 5.54. The molecule has 120 valence electrons. The fourth-order valence-electron chi connectivity index (χ4n) is 5.54. The predicted octanol–water partition coefficient (Wildman–Crippen LogP) is 3.52. The number of hydrogen-bond donors (Lipinski definition) is 1. The maximum atomic E-state index is 11.9. The number of esters is 1. The molecule has 0 saturated heterocycles. The van der Waals surface area contributed by atoms with Gasteiger partial charge in [0.05, 0.1) is 6.54 Å². The van der Waals surface area contributed by atoms with E-state index in [1.165, 1.54) is 38.5 Å². The summed E-state index contributed by atoms with van der Waals surface area (Å²) in [5, 5.41) is 3.49. The van der Waals surface area contributed by atoms with Crippen molar-refractivity contribution in [2.45, 2.75) is 77.9 Å². The summed E-state index contributed by atoms with van der Waals surface area (Å²) >= 11 is 0. The third kappa shape index (κ3) is 3.28. The summed E-state index contributed by atoms with van der Waals surface area (Å²) in [5.74, 6) is 2.75. The lowest BCUT2D eigenvalue weighted by Gasteiger charge is -2.59. The van der Waals surface area contributed by atoms with Crippen LogP contribution < -0.4 is 5.32 Å². The van der Waals surface area contributed by atoms with Gasteiger partial charge in [-0.15, -0.1) is 0 Å². The zero-order valence-corrected chi connectivity index (χ0v) is 14.1. The Kier molecular flexibility index (Phi) is 3.84. The molecule has 0 amide bonds. The number of carbonyl (C=O) groups is 1. The first-order chi connectivity index (χ1) is 9.76. The van der Waals surface area contributed by atoms with Gasteiger partial charge in [-0.2, -0.15) is 0 Å². The quantitative estimate of drug-likeness (QED) is 0.806. The SMILES string of the molecule is CC(NCC(=O)OC(C)(C)C)C12CC3CC(CC(C3)C1)C2. The molecule has 21 heavy (non-hydrogen) atoms. The van der Waals surface area contributed by atoms with E-state index in [0.29, 0.717) is 18.0 Å². The summed E-state index contributed by atoms with van der Waals surface area (Å²) in [5.41, 5.74) is 0.0689. The van der Waals surface area contributed by atoms with Crippen molar-refractivity contribution in [3.8, 4) is 0 Å². The topological polar surface area (TPSA) is 38.3 Å². The monoisotopic (exact) mass is 293 g/mol. The van der Waals surface area contributed by atoms with Crippen LogP contribution in [-0.4, -0.2) is 24.2 Å². The van der Waals surface area contributed by atoms with Crippen molar-refractivity contribution in [3.05, 3.63) is 0 Å². The second-order valence-corrected chi connectivity index (χ2v) is 8.97. The second kappa shape index (κ2) is 5.26. The highest BCUT2D eigenvalue weighted by atomic mass is 16.6. The molecule has 1 atom stereocenters. The molecule has 0 heterocycles. The smallest absolute Gasteiger partial charge is 0.320 e. The summed E-state index contributed by atoms with van der Waals surface area (Å²) in [4.78, 5) is 11.9. The normalized spacial score (nSPS) is 39.3. The van der Waals surface area contributed by atoms with Crippen molar-refractivity contribution in [1.29, 1.82) is 0 Å². The summed E-state index contributed by atoms with van der Waals surface area (Å²) in [6.45, 7) is 8.41. The lowest BCUT2D eigenvalue weighted by Crippen LogP contribution is -2.55. The van der Waals surface area contributed by atoms with Gasteiger partial charge in [0.2, 0.25) is 0 Å². The van der Waals surface area contributed by atoms with Crippen LogP contribution in [0.25, 0.3) is 0 Å². The molecule has 3 nitrogen and oxygen atoms in total. The van der Waals surface area contributed by atoms with E-state index in [-0.39, 0.29) is 11.6 Å². The van der Waals surface area contributed by atoms with Crippen LogP contribution in [0.1, 0.15) is 66.2 Å². The molecular weight excluding hydrogens is 262 g/mol. The minimum atomic E-state index is -0.386. The van der Waals surface area contributed by atoms with Gasteiger partial charge in [0.1, 0.15) is 5.60 Å². The minimum absolute atomic E-state index is 0.126. The molecule has 4 aliphatic rings. The van der Waals surface area contributed by atoms with Gasteiger partial charge < -0.3 is 10.1 Å². The van der Waals surface area contributed by atoms with Gasteiger partial charge in [0, 0.05) is 6.04 Å². The van der Waals surface area contributed by atoms with E-state index in [1.54, 1.807) is 0 Å². The van der Waals surface area contributed by atoms with Crippen LogP contribution in [0.15, 0.2) is 0 Å². The van der Waals surface area contributed by atoms with Gasteiger partial charge >= 0.3 is 5.97 Å². The van der Waals surface area contributed by atoms with Gasteiger partial charge in [-0.3, -0.25) is 4.79 Å². The Morgan fingerprint density at radius 1 is 1.14 bits per heavy atom. The van der Waals surface area contributed by atoms with E-state index in [0.717, 1.165) is 17.8 Å². The molecule has 1 unspecified atom stereocenters. The average molecular weight is 293 g/mol. The minimum Gasteiger partial charge on any atom is -0.459 e. The van der Waals surface area contributed by atoms with Gasteiger partial charge in [-0.25, -0.2) is 0 Å². The Morgan fingerprint density at radius 3 is 2.05 bits per heavy atom. The highest BCUT2D eigenvalue weighted by Gasteiger charge is 2.52. The molecule has 4 bridgehead atoms. The van der Waals surface area contributed by atoms with E-state index in [9.17, 15) is 4.79 Å². The van der Waals surface area contributed by atoms with Crippen molar-refractivity contribution in [2.75, 3.05) is 6.54 Å². The van der Waals surface area contributed by atoms with Gasteiger partial charge in [0.25, 0.3) is 0 Å². The summed E-state index contributed by atoms with van der Waals surface area (Å²) < 4.78 is 5.41. The van der Waals surface area contributed by atoms with Crippen LogP contribution >= 0.6 is 0 Å². The lowest BCUT2D eigenvalue weighted by atomic mass is 9.48. The molecule has 0 aliphatic heterocycles. The molecule has 0 aromatic heterocycles. The maximum absolute atomic E-state index is 11.9. The first kappa shape index (κ1) is 15.3. The predicted molar refractivity (Wildman–Crippen MR) is 83.9 cm³/mol. The summed E-state index contributed by atoms with van der Waals surface area (Å²) in [6.07, 6.45) is 8.54. The Balaban J connectivity index is 1.56. The van der Waals surface area contributed by atoms with E-state index in [4.69, 9.17) is 4.74 Å². The highest BCUT2D eigenvalue weighted by molar-refractivity contribution is 5.72.